The van der Waals surface area contributed by atoms with E-state index in [1.54, 1.807) is 18.2 Å². The number of halogens is 1. The molecule has 0 saturated carbocycles. The molecule has 1 saturated heterocycles. The van der Waals surface area contributed by atoms with Crippen molar-refractivity contribution >= 4 is 11.6 Å². The highest BCUT2D eigenvalue weighted by molar-refractivity contribution is 5.91. The number of carbonyl (C=O) groups is 1. The van der Waals surface area contributed by atoms with Crippen LogP contribution in [0.25, 0.3) is 0 Å². The van der Waals surface area contributed by atoms with Crippen LogP contribution in [0, 0.1) is 5.82 Å². The molecule has 2 aromatic rings. The van der Waals surface area contributed by atoms with Crippen LogP contribution in [-0.4, -0.2) is 37.0 Å². The quantitative estimate of drug-likeness (QED) is 0.812. The lowest BCUT2D eigenvalue weighted by Gasteiger charge is -2.37. The molecule has 2 aliphatic rings. The number of anilines is 1. The molecule has 4 nitrogen and oxygen atoms in total. The predicted molar refractivity (Wildman–Crippen MR) is 80.6 cm³/mol. The number of nitrogens with zero attached hydrogens (tertiary/aromatic N) is 2. The lowest BCUT2D eigenvalue weighted by molar-refractivity contribution is 0.0666. The largest absolute Gasteiger partial charge is 0.459 e. The summed E-state index contributed by atoms with van der Waals surface area (Å²) in [5, 5.41) is 0. The van der Waals surface area contributed by atoms with Gasteiger partial charge in [0.05, 0.1) is 6.26 Å². The Kier molecular flexibility index (Phi) is 2.96. The van der Waals surface area contributed by atoms with E-state index in [9.17, 15) is 9.18 Å². The highest BCUT2D eigenvalue weighted by atomic mass is 19.1. The average molecular weight is 300 g/mol. The fraction of sp³-hybridized carbons (Fsp3) is 0.353. The number of likely N-dealkylation sites (N-methyl/N-ethyl adjacent to an activating group) is 1. The van der Waals surface area contributed by atoms with Gasteiger partial charge in [-0.05, 0) is 42.3 Å². The molecule has 2 aliphatic heterocycles. The highest BCUT2D eigenvalue weighted by Gasteiger charge is 2.41. The van der Waals surface area contributed by atoms with Crippen molar-refractivity contribution in [1.82, 2.24) is 4.90 Å². The summed E-state index contributed by atoms with van der Waals surface area (Å²) < 4.78 is 18.8. The molecule has 0 bridgehead atoms. The Balaban J connectivity index is 1.63. The molecule has 22 heavy (non-hydrogen) atoms. The summed E-state index contributed by atoms with van der Waals surface area (Å²) in [4.78, 5) is 16.5. The Morgan fingerprint density at radius 3 is 3.00 bits per heavy atom. The van der Waals surface area contributed by atoms with Crippen LogP contribution < -0.4 is 4.90 Å². The van der Waals surface area contributed by atoms with E-state index in [2.05, 4.69) is 4.90 Å². The zero-order valence-corrected chi connectivity index (χ0v) is 12.3. The molecule has 0 unspecified atom stereocenters. The van der Waals surface area contributed by atoms with Crippen molar-refractivity contribution < 1.29 is 13.6 Å². The van der Waals surface area contributed by atoms with Crippen LogP contribution in [0.3, 0.4) is 0 Å². The number of hydrogen-bond donors (Lipinski definition) is 0. The molecule has 4 rings (SSSR count). The van der Waals surface area contributed by atoms with Gasteiger partial charge < -0.3 is 14.2 Å². The van der Waals surface area contributed by atoms with E-state index < -0.39 is 0 Å². The van der Waals surface area contributed by atoms with Crippen molar-refractivity contribution in [2.45, 2.75) is 18.4 Å². The molecule has 1 aromatic carbocycles. The van der Waals surface area contributed by atoms with Crippen LogP contribution in [0.2, 0.25) is 0 Å². The number of fused-ring (bicyclic) bond motifs is 3. The number of amides is 1. The summed E-state index contributed by atoms with van der Waals surface area (Å²) in [5.41, 5.74) is 2.08. The standard InChI is InChI=1S/C17H17FN2O2/c1-19-14-5-4-11(18)9-12(14)13-10-20(7-6-15(13)19)17(21)16-3-2-8-22-16/h2-5,8-9,13,15H,6-7,10H2,1H3/t13-,15-/m0/s1. The van der Waals surface area contributed by atoms with E-state index in [1.807, 2.05) is 18.0 Å². The van der Waals surface area contributed by atoms with E-state index in [4.69, 9.17) is 4.42 Å². The number of benzene rings is 1. The number of piperidine rings is 1. The smallest absolute Gasteiger partial charge is 0.289 e. The third-order valence-electron chi connectivity index (χ3n) is 4.86. The fourth-order valence-corrected chi connectivity index (χ4v) is 3.77. The van der Waals surface area contributed by atoms with Gasteiger partial charge in [-0.15, -0.1) is 0 Å². The maximum absolute atomic E-state index is 13.6. The summed E-state index contributed by atoms with van der Waals surface area (Å²) in [6.45, 7) is 1.30. The molecule has 3 heterocycles. The zero-order chi connectivity index (χ0) is 15.3. The highest BCUT2D eigenvalue weighted by Crippen LogP contribution is 2.44. The minimum Gasteiger partial charge on any atom is -0.459 e. The summed E-state index contributed by atoms with van der Waals surface area (Å²) in [5.74, 6) is 0.214. The van der Waals surface area contributed by atoms with Gasteiger partial charge in [0, 0.05) is 37.8 Å². The molecule has 1 aromatic heterocycles. The van der Waals surface area contributed by atoms with Crippen LogP contribution in [0.15, 0.2) is 41.0 Å². The maximum Gasteiger partial charge on any atom is 0.289 e. The van der Waals surface area contributed by atoms with Crippen LogP contribution in [-0.2, 0) is 0 Å². The molecular weight excluding hydrogens is 283 g/mol. The first-order valence-electron chi connectivity index (χ1n) is 7.50. The molecule has 0 radical (unpaired) electrons. The predicted octanol–water partition coefficient (Wildman–Crippen LogP) is 2.87. The molecule has 114 valence electrons. The van der Waals surface area contributed by atoms with Crippen LogP contribution in [0.4, 0.5) is 10.1 Å². The van der Waals surface area contributed by atoms with E-state index in [-0.39, 0.29) is 17.6 Å². The second-order valence-electron chi connectivity index (χ2n) is 6.01. The Morgan fingerprint density at radius 2 is 2.23 bits per heavy atom. The van der Waals surface area contributed by atoms with Gasteiger partial charge in [0.1, 0.15) is 5.82 Å². The summed E-state index contributed by atoms with van der Waals surface area (Å²) in [6, 6.07) is 8.67. The molecular formula is C17H17FN2O2. The topological polar surface area (TPSA) is 36.7 Å². The Hall–Kier alpha value is -2.30. The van der Waals surface area contributed by atoms with Crippen LogP contribution in [0.5, 0.6) is 0 Å². The number of likely N-dealkylation sites (tertiary alicyclic amines) is 1. The summed E-state index contributed by atoms with van der Waals surface area (Å²) >= 11 is 0. The first-order valence-corrected chi connectivity index (χ1v) is 7.50. The maximum atomic E-state index is 13.6. The second-order valence-corrected chi connectivity index (χ2v) is 6.01. The van der Waals surface area contributed by atoms with Gasteiger partial charge in [0.25, 0.3) is 5.91 Å². The summed E-state index contributed by atoms with van der Waals surface area (Å²) in [7, 11) is 2.05. The fourth-order valence-electron chi connectivity index (χ4n) is 3.77. The summed E-state index contributed by atoms with van der Waals surface area (Å²) in [6.07, 6.45) is 2.39. The monoisotopic (exact) mass is 300 g/mol. The third kappa shape index (κ3) is 1.92. The lowest BCUT2D eigenvalue weighted by atomic mass is 9.89. The number of furan rings is 1. The minimum atomic E-state index is -0.220. The van der Waals surface area contributed by atoms with Gasteiger partial charge in [0.2, 0.25) is 0 Å². The average Bonchev–Trinajstić information content (AvgIpc) is 3.15. The van der Waals surface area contributed by atoms with Crippen molar-refractivity contribution in [1.29, 1.82) is 0 Å². The zero-order valence-electron chi connectivity index (χ0n) is 12.3. The Morgan fingerprint density at radius 1 is 1.36 bits per heavy atom. The van der Waals surface area contributed by atoms with E-state index >= 15 is 0 Å². The Bertz CT molecular complexity index is 713. The third-order valence-corrected chi connectivity index (χ3v) is 4.86. The Labute approximate surface area is 128 Å². The van der Waals surface area contributed by atoms with Gasteiger partial charge in [-0.25, -0.2) is 4.39 Å². The SMILES string of the molecule is CN1c2ccc(F)cc2[C@@H]2CN(C(=O)c3ccco3)CC[C@@H]21. The number of carbonyl (C=O) groups excluding carboxylic acids is 1. The van der Waals surface area contributed by atoms with Gasteiger partial charge in [0.15, 0.2) is 5.76 Å². The first kappa shape index (κ1) is 13.4. The van der Waals surface area contributed by atoms with Crippen molar-refractivity contribution in [3.05, 3.63) is 53.7 Å². The molecule has 1 fully saturated rings. The molecule has 0 aliphatic carbocycles. The van der Waals surface area contributed by atoms with E-state index in [1.165, 1.54) is 12.3 Å². The van der Waals surface area contributed by atoms with Crippen molar-refractivity contribution in [2.24, 2.45) is 0 Å². The van der Waals surface area contributed by atoms with Gasteiger partial charge in [-0.2, -0.15) is 0 Å². The van der Waals surface area contributed by atoms with Crippen molar-refractivity contribution in [3.8, 4) is 0 Å². The minimum absolute atomic E-state index is 0.0871. The molecule has 2 atom stereocenters. The molecule has 5 heteroatoms. The molecule has 1 amide bonds. The first-order chi connectivity index (χ1) is 10.6. The van der Waals surface area contributed by atoms with Gasteiger partial charge in [-0.3, -0.25) is 4.79 Å². The van der Waals surface area contributed by atoms with Crippen LogP contribution >= 0.6 is 0 Å². The molecule has 0 N–H and O–H groups in total. The normalized spacial score (nSPS) is 23.4. The van der Waals surface area contributed by atoms with Crippen molar-refractivity contribution in [2.75, 3.05) is 25.0 Å². The lowest BCUT2D eigenvalue weighted by Crippen LogP contribution is -2.47. The number of hydrogen-bond acceptors (Lipinski definition) is 3. The number of rotatable bonds is 1. The van der Waals surface area contributed by atoms with E-state index in [0.717, 1.165) is 17.7 Å². The van der Waals surface area contributed by atoms with Gasteiger partial charge >= 0.3 is 0 Å². The van der Waals surface area contributed by atoms with Crippen LogP contribution in [0.1, 0.15) is 28.5 Å². The molecule has 0 spiro atoms. The second kappa shape index (κ2) is 4.87. The van der Waals surface area contributed by atoms with Crippen molar-refractivity contribution in [3.63, 3.8) is 0 Å². The van der Waals surface area contributed by atoms with E-state index in [0.29, 0.717) is 24.9 Å². The van der Waals surface area contributed by atoms with Gasteiger partial charge in [-0.1, -0.05) is 0 Å².